The monoisotopic (exact) mass is 693 g/mol. The van der Waals surface area contributed by atoms with Crippen LogP contribution >= 0.6 is 27.7 Å². The zero-order valence-electron chi connectivity index (χ0n) is 24.9. The SMILES string of the molecule is CCNC(=O)C(Cc1ccccc1)N(Cc1cccc(Br)c1)C(=O)CN(c1ccc(C)cc1)S(=O)(=O)c1ccc(SC)cc1. The van der Waals surface area contributed by atoms with Gasteiger partial charge < -0.3 is 10.2 Å². The molecule has 1 N–H and O–H groups in total. The van der Waals surface area contributed by atoms with Crippen LogP contribution in [0.25, 0.3) is 0 Å². The van der Waals surface area contributed by atoms with Crippen LogP contribution in [-0.4, -0.2) is 50.5 Å². The van der Waals surface area contributed by atoms with Crippen LogP contribution in [0.5, 0.6) is 0 Å². The second-order valence-electron chi connectivity index (χ2n) is 10.3. The van der Waals surface area contributed by atoms with Crippen LogP contribution in [0.2, 0.25) is 0 Å². The summed E-state index contributed by atoms with van der Waals surface area (Å²) >= 11 is 5.01. The van der Waals surface area contributed by atoms with Crippen molar-refractivity contribution in [2.24, 2.45) is 0 Å². The number of nitrogens with one attached hydrogen (secondary N) is 1. The zero-order valence-corrected chi connectivity index (χ0v) is 28.2. The van der Waals surface area contributed by atoms with E-state index in [9.17, 15) is 18.0 Å². The standard InChI is InChI=1S/C34H36BrN3O4S2/c1-4-36-34(40)32(22-26-9-6-5-7-10-26)37(23-27-11-8-12-28(35)21-27)33(39)24-38(29-15-13-25(2)14-16-29)44(41,42)31-19-17-30(43-3)18-20-31/h5-21,32H,4,22-24H2,1-3H3,(H,36,40). The molecule has 0 bridgehead atoms. The number of likely N-dealkylation sites (N-methyl/N-ethyl adjacent to an activating group) is 1. The average molecular weight is 695 g/mol. The minimum atomic E-state index is -4.15. The molecule has 230 valence electrons. The van der Waals surface area contributed by atoms with E-state index in [1.54, 1.807) is 36.4 Å². The van der Waals surface area contributed by atoms with E-state index < -0.39 is 28.5 Å². The van der Waals surface area contributed by atoms with Crippen LogP contribution in [0.15, 0.2) is 117 Å². The van der Waals surface area contributed by atoms with Crippen molar-refractivity contribution in [2.45, 2.75) is 42.6 Å². The summed E-state index contributed by atoms with van der Waals surface area (Å²) in [6, 6.07) is 29.7. The van der Waals surface area contributed by atoms with Crippen LogP contribution in [0.1, 0.15) is 23.6 Å². The van der Waals surface area contributed by atoms with Crippen molar-refractivity contribution in [1.29, 1.82) is 0 Å². The molecule has 0 spiro atoms. The Morgan fingerprint density at radius 1 is 0.886 bits per heavy atom. The lowest BCUT2D eigenvalue weighted by Crippen LogP contribution is -2.53. The number of carbonyl (C=O) groups is 2. The van der Waals surface area contributed by atoms with Crippen LogP contribution in [0.4, 0.5) is 5.69 Å². The molecule has 0 aromatic heterocycles. The van der Waals surface area contributed by atoms with E-state index in [4.69, 9.17) is 0 Å². The molecule has 7 nitrogen and oxygen atoms in total. The fourth-order valence-electron chi connectivity index (χ4n) is 4.79. The van der Waals surface area contributed by atoms with Crippen molar-refractivity contribution in [1.82, 2.24) is 10.2 Å². The van der Waals surface area contributed by atoms with E-state index in [0.29, 0.717) is 12.2 Å². The number of nitrogens with zero attached hydrogens (tertiary/aromatic N) is 2. The molecule has 10 heteroatoms. The lowest BCUT2D eigenvalue weighted by molar-refractivity contribution is -0.140. The van der Waals surface area contributed by atoms with Gasteiger partial charge in [0, 0.05) is 28.9 Å². The number of aryl methyl sites for hydroxylation is 1. The van der Waals surface area contributed by atoms with Gasteiger partial charge in [0.05, 0.1) is 10.6 Å². The Bertz CT molecular complexity index is 1670. The molecule has 4 aromatic rings. The first-order valence-electron chi connectivity index (χ1n) is 14.2. The van der Waals surface area contributed by atoms with Gasteiger partial charge in [0.25, 0.3) is 10.0 Å². The first-order valence-corrected chi connectivity index (χ1v) is 17.7. The summed E-state index contributed by atoms with van der Waals surface area (Å²) in [4.78, 5) is 30.5. The third-order valence-corrected chi connectivity index (χ3v) is 10.1. The number of hydrogen-bond donors (Lipinski definition) is 1. The number of carbonyl (C=O) groups excluding carboxylic acids is 2. The third-order valence-electron chi connectivity index (χ3n) is 7.11. The summed E-state index contributed by atoms with van der Waals surface area (Å²) in [5.41, 5.74) is 3.00. The third kappa shape index (κ3) is 8.52. The van der Waals surface area contributed by atoms with Gasteiger partial charge in [-0.2, -0.15) is 0 Å². The zero-order chi connectivity index (χ0) is 31.7. The number of benzene rings is 4. The van der Waals surface area contributed by atoms with Gasteiger partial charge in [0.15, 0.2) is 0 Å². The number of sulfonamides is 1. The smallest absolute Gasteiger partial charge is 0.264 e. The Hall–Kier alpha value is -3.60. The van der Waals surface area contributed by atoms with Gasteiger partial charge in [0.1, 0.15) is 12.6 Å². The van der Waals surface area contributed by atoms with Gasteiger partial charge >= 0.3 is 0 Å². The van der Waals surface area contributed by atoms with Gasteiger partial charge in [-0.1, -0.05) is 76.1 Å². The molecular formula is C34H36BrN3O4S2. The molecule has 0 saturated carbocycles. The Morgan fingerprint density at radius 2 is 1.55 bits per heavy atom. The summed E-state index contributed by atoms with van der Waals surface area (Å²) < 4.78 is 30.2. The van der Waals surface area contributed by atoms with E-state index in [1.165, 1.54) is 16.7 Å². The molecule has 0 radical (unpaired) electrons. The normalized spacial score (nSPS) is 11.9. The second kappa shape index (κ2) is 15.4. The molecule has 0 saturated heterocycles. The summed E-state index contributed by atoms with van der Waals surface area (Å²) in [5, 5.41) is 2.88. The fraction of sp³-hybridized carbons (Fsp3) is 0.235. The molecule has 1 unspecified atom stereocenters. The highest BCUT2D eigenvalue weighted by Gasteiger charge is 2.34. The first kappa shape index (κ1) is 33.3. The fourth-order valence-corrected chi connectivity index (χ4v) is 7.06. The maximum Gasteiger partial charge on any atom is 0.264 e. The summed E-state index contributed by atoms with van der Waals surface area (Å²) in [6.45, 7) is 3.74. The molecule has 0 aliphatic rings. The van der Waals surface area contributed by atoms with Crippen molar-refractivity contribution in [3.8, 4) is 0 Å². The predicted molar refractivity (Wildman–Crippen MR) is 181 cm³/mol. The van der Waals surface area contributed by atoms with Crippen molar-refractivity contribution < 1.29 is 18.0 Å². The molecule has 1 atom stereocenters. The Morgan fingerprint density at radius 3 is 2.16 bits per heavy atom. The molecule has 0 heterocycles. The van der Waals surface area contributed by atoms with E-state index in [-0.39, 0.29) is 23.8 Å². The molecule has 0 aliphatic carbocycles. The summed E-state index contributed by atoms with van der Waals surface area (Å²) in [7, 11) is -4.15. The minimum absolute atomic E-state index is 0.0757. The lowest BCUT2D eigenvalue weighted by atomic mass is 10.0. The summed E-state index contributed by atoms with van der Waals surface area (Å²) in [5.74, 6) is -0.806. The first-order chi connectivity index (χ1) is 21.1. The van der Waals surface area contributed by atoms with Gasteiger partial charge in [0.2, 0.25) is 11.8 Å². The topological polar surface area (TPSA) is 86.8 Å². The molecule has 44 heavy (non-hydrogen) atoms. The van der Waals surface area contributed by atoms with Crippen LogP contribution in [-0.2, 0) is 32.6 Å². The predicted octanol–water partition coefficient (Wildman–Crippen LogP) is 6.45. The second-order valence-corrected chi connectivity index (χ2v) is 13.9. The van der Waals surface area contributed by atoms with Crippen LogP contribution < -0.4 is 9.62 Å². The Kier molecular flexibility index (Phi) is 11.7. The van der Waals surface area contributed by atoms with Crippen molar-refractivity contribution in [2.75, 3.05) is 23.7 Å². The highest BCUT2D eigenvalue weighted by Crippen LogP contribution is 2.27. The maximum atomic E-state index is 14.4. The number of rotatable bonds is 13. The maximum absolute atomic E-state index is 14.4. The van der Waals surface area contributed by atoms with Gasteiger partial charge in [-0.3, -0.25) is 13.9 Å². The van der Waals surface area contributed by atoms with Crippen molar-refractivity contribution in [3.05, 3.63) is 124 Å². The quantitative estimate of drug-likeness (QED) is 0.163. The van der Waals surface area contributed by atoms with E-state index in [0.717, 1.165) is 30.4 Å². The highest BCUT2D eigenvalue weighted by atomic mass is 79.9. The van der Waals surface area contributed by atoms with Gasteiger partial charge in [-0.15, -0.1) is 11.8 Å². The van der Waals surface area contributed by atoms with Gasteiger partial charge in [-0.25, -0.2) is 8.42 Å². The number of amides is 2. The number of anilines is 1. The number of thioether (sulfide) groups is 1. The summed E-state index contributed by atoms with van der Waals surface area (Å²) in [6.07, 6.45) is 2.18. The molecule has 0 fully saturated rings. The van der Waals surface area contributed by atoms with Crippen LogP contribution in [0.3, 0.4) is 0 Å². The Balaban J connectivity index is 1.79. The van der Waals surface area contributed by atoms with Gasteiger partial charge in [-0.05, 0) is 79.8 Å². The van der Waals surface area contributed by atoms with E-state index >= 15 is 0 Å². The average Bonchev–Trinajstić information content (AvgIpc) is 3.02. The molecule has 4 rings (SSSR count). The Labute approximate surface area is 272 Å². The molecular weight excluding hydrogens is 658 g/mol. The highest BCUT2D eigenvalue weighted by molar-refractivity contribution is 9.10. The van der Waals surface area contributed by atoms with E-state index in [2.05, 4.69) is 21.2 Å². The van der Waals surface area contributed by atoms with Crippen molar-refractivity contribution >= 4 is 55.2 Å². The lowest BCUT2D eigenvalue weighted by Gasteiger charge is -2.34. The largest absolute Gasteiger partial charge is 0.355 e. The molecule has 2 amide bonds. The number of hydrogen-bond acceptors (Lipinski definition) is 5. The molecule has 0 aliphatic heterocycles. The number of halogens is 1. The van der Waals surface area contributed by atoms with E-state index in [1.807, 2.05) is 86.8 Å². The van der Waals surface area contributed by atoms with Crippen LogP contribution in [0, 0.1) is 6.92 Å². The minimum Gasteiger partial charge on any atom is -0.355 e. The molecule has 4 aromatic carbocycles. The van der Waals surface area contributed by atoms with Crippen molar-refractivity contribution in [3.63, 3.8) is 0 Å².